The number of rotatable bonds is 7. The molecule has 0 bridgehead atoms. The summed E-state index contributed by atoms with van der Waals surface area (Å²) in [5.41, 5.74) is 2.28. The fourth-order valence-corrected chi connectivity index (χ4v) is 3.12. The monoisotopic (exact) mass is 369 g/mol. The van der Waals surface area contributed by atoms with Crippen LogP contribution in [-0.4, -0.2) is 29.3 Å². The number of fused-ring (bicyclic) bond motifs is 1. The number of carbonyl (C=O) groups excluding carboxylic acids is 1. The molecule has 142 valence electrons. The van der Waals surface area contributed by atoms with Crippen LogP contribution in [0.1, 0.15) is 12.5 Å². The van der Waals surface area contributed by atoms with Crippen LogP contribution in [0.5, 0.6) is 11.5 Å². The van der Waals surface area contributed by atoms with Gasteiger partial charge in [-0.15, -0.1) is 0 Å². The van der Waals surface area contributed by atoms with Gasteiger partial charge < -0.3 is 14.8 Å². The number of benzene rings is 2. The van der Waals surface area contributed by atoms with Crippen molar-refractivity contribution in [2.24, 2.45) is 0 Å². The van der Waals surface area contributed by atoms with Gasteiger partial charge in [0.15, 0.2) is 11.5 Å². The van der Waals surface area contributed by atoms with E-state index in [0.29, 0.717) is 24.6 Å². The molecule has 1 N–H and O–H groups in total. The molecule has 3 rings (SSSR count). The number of amides is 1. The molecule has 0 radical (unpaired) electrons. The average Bonchev–Trinajstić information content (AvgIpc) is 2.97. The molecule has 0 aliphatic carbocycles. The average molecular weight is 369 g/mol. The SMILES string of the molecule is CCn1c(=O)n(CC(=O)NCc2ccc(OC)c(OC)c2)c2ccccc21. The van der Waals surface area contributed by atoms with Crippen LogP contribution in [-0.2, 0) is 24.4 Å². The summed E-state index contributed by atoms with van der Waals surface area (Å²) in [6, 6.07) is 12.9. The third-order valence-electron chi connectivity index (χ3n) is 4.48. The summed E-state index contributed by atoms with van der Waals surface area (Å²) in [5.74, 6) is 1.00. The fraction of sp³-hybridized carbons (Fsp3) is 0.300. The predicted octanol–water partition coefficient (Wildman–Crippen LogP) is 2.16. The molecule has 0 saturated carbocycles. The summed E-state index contributed by atoms with van der Waals surface area (Å²) in [7, 11) is 3.14. The first-order valence-corrected chi connectivity index (χ1v) is 8.74. The van der Waals surface area contributed by atoms with E-state index in [1.54, 1.807) is 24.9 Å². The van der Waals surface area contributed by atoms with E-state index < -0.39 is 0 Å². The number of nitrogens with zero attached hydrogens (tertiary/aromatic N) is 2. The second-order valence-electron chi connectivity index (χ2n) is 6.07. The first-order chi connectivity index (χ1) is 13.1. The zero-order valence-electron chi connectivity index (χ0n) is 15.7. The number of aromatic nitrogens is 2. The van der Waals surface area contributed by atoms with Crippen LogP contribution in [0.15, 0.2) is 47.3 Å². The van der Waals surface area contributed by atoms with Crippen LogP contribution in [0.25, 0.3) is 11.0 Å². The van der Waals surface area contributed by atoms with Crippen LogP contribution in [0, 0.1) is 0 Å². The van der Waals surface area contributed by atoms with Crippen molar-refractivity contribution < 1.29 is 14.3 Å². The summed E-state index contributed by atoms with van der Waals surface area (Å²) in [4.78, 5) is 25.0. The quantitative estimate of drug-likeness (QED) is 0.693. The van der Waals surface area contributed by atoms with Crippen molar-refractivity contribution >= 4 is 16.9 Å². The van der Waals surface area contributed by atoms with Crippen molar-refractivity contribution in [3.05, 3.63) is 58.5 Å². The van der Waals surface area contributed by atoms with E-state index in [-0.39, 0.29) is 18.1 Å². The lowest BCUT2D eigenvalue weighted by atomic mass is 10.2. The van der Waals surface area contributed by atoms with Crippen molar-refractivity contribution in [1.82, 2.24) is 14.5 Å². The lowest BCUT2D eigenvalue weighted by Crippen LogP contribution is -2.32. The Bertz CT molecular complexity index is 1020. The molecule has 0 unspecified atom stereocenters. The molecular formula is C20H23N3O4. The third kappa shape index (κ3) is 3.67. The number of para-hydroxylation sites is 2. The number of hydrogen-bond donors (Lipinski definition) is 1. The Morgan fingerprint density at radius 2 is 1.67 bits per heavy atom. The van der Waals surface area contributed by atoms with Gasteiger partial charge in [-0.05, 0) is 36.8 Å². The van der Waals surface area contributed by atoms with E-state index in [0.717, 1.165) is 16.6 Å². The number of methoxy groups -OCH3 is 2. The van der Waals surface area contributed by atoms with Crippen molar-refractivity contribution in [3.63, 3.8) is 0 Å². The Balaban J connectivity index is 1.75. The van der Waals surface area contributed by atoms with Crippen molar-refractivity contribution in [2.45, 2.75) is 26.6 Å². The second kappa shape index (κ2) is 7.99. The summed E-state index contributed by atoms with van der Waals surface area (Å²) in [6.07, 6.45) is 0. The molecule has 7 heteroatoms. The number of imidazole rings is 1. The molecule has 1 amide bonds. The highest BCUT2D eigenvalue weighted by molar-refractivity contribution is 5.81. The van der Waals surface area contributed by atoms with Crippen molar-refractivity contribution in [2.75, 3.05) is 14.2 Å². The van der Waals surface area contributed by atoms with Gasteiger partial charge in [0.2, 0.25) is 5.91 Å². The molecular weight excluding hydrogens is 346 g/mol. The molecule has 3 aromatic rings. The molecule has 27 heavy (non-hydrogen) atoms. The largest absolute Gasteiger partial charge is 0.493 e. The van der Waals surface area contributed by atoms with Gasteiger partial charge in [0.05, 0.1) is 25.3 Å². The maximum absolute atomic E-state index is 12.6. The van der Waals surface area contributed by atoms with Crippen LogP contribution in [0.4, 0.5) is 0 Å². The van der Waals surface area contributed by atoms with Gasteiger partial charge in [-0.2, -0.15) is 0 Å². The van der Waals surface area contributed by atoms with Crippen molar-refractivity contribution in [1.29, 1.82) is 0 Å². The van der Waals surface area contributed by atoms with Crippen LogP contribution in [0.2, 0.25) is 0 Å². The number of nitrogens with one attached hydrogen (secondary N) is 1. The van der Waals surface area contributed by atoms with Crippen LogP contribution < -0.4 is 20.5 Å². The summed E-state index contributed by atoms with van der Waals surface area (Å²) < 4.78 is 13.6. The van der Waals surface area contributed by atoms with Gasteiger partial charge >= 0.3 is 5.69 Å². The Kier molecular flexibility index (Phi) is 5.49. The molecule has 0 spiro atoms. The van der Waals surface area contributed by atoms with E-state index >= 15 is 0 Å². The Labute approximate surface area is 157 Å². The molecule has 0 fully saturated rings. The second-order valence-corrected chi connectivity index (χ2v) is 6.07. The van der Waals surface area contributed by atoms with Crippen molar-refractivity contribution in [3.8, 4) is 11.5 Å². The number of carbonyl (C=O) groups is 1. The molecule has 2 aromatic carbocycles. The normalized spacial score (nSPS) is 10.8. The summed E-state index contributed by atoms with van der Waals surface area (Å²) >= 11 is 0. The number of aryl methyl sites for hydroxylation is 1. The summed E-state index contributed by atoms with van der Waals surface area (Å²) in [5, 5.41) is 2.85. The molecule has 7 nitrogen and oxygen atoms in total. The Hall–Kier alpha value is -3.22. The standard InChI is InChI=1S/C20H23N3O4/c1-4-22-15-7-5-6-8-16(15)23(20(22)25)13-19(24)21-12-14-9-10-17(26-2)18(11-14)27-3/h5-11H,4,12-13H2,1-3H3,(H,21,24). The minimum absolute atomic E-state index is 0.0281. The highest BCUT2D eigenvalue weighted by atomic mass is 16.5. The highest BCUT2D eigenvalue weighted by Gasteiger charge is 2.14. The molecule has 1 heterocycles. The molecule has 0 aliphatic rings. The molecule has 1 aromatic heterocycles. The zero-order chi connectivity index (χ0) is 19.4. The smallest absolute Gasteiger partial charge is 0.329 e. The van der Waals surface area contributed by atoms with E-state index in [1.165, 1.54) is 4.57 Å². The lowest BCUT2D eigenvalue weighted by Gasteiger charge is -2.10. The lowest BCUT2D eigenvalue weighted by molar-refractivity contribution is -0.121. The minimum Gasteiger partial charge on any atom is -0.493 e. The topological polar surface area (TPSA) is 74.5 Å². The van der Waals surface area contributed by atoms with E-state index in [4.69, 9.17) is 9.47 Å². The zero-order valence-corrected chi connectivity index (χ0v) is 15.7. The predicted molar refractivity (Wildman–Crippen MR) is 103 cm³/mol. The third-order valence-corrected chi connectivity index (χ3v) is 4.48. The van der Waals surface area contributed by atoms with E-state index in [9.17, 15) is 9.59 Å². The fourth-order valence-electron chi connectivity index (χ4n) is 3.12. The van der Waals surface area contributed by atoms with E-state index in [1.807, 2.05) is 43.3 Å². The van der Waals surface area contributed by atoms with Crippen LogP contribution in [0.3, 0.4) is 0 Å². The van der Waals surface area contributed by atoms with E-state index in [2.05, 4.69) is 5.32 Å². The minimum atomic E-state index is -0.231. The number of hydrogen-bond acceptors (Lipinski definition) is 4. The van der Waals surface area contributed by atoms with Gasteiger partial charge in [0, 0.05) is 13.1 Å². The van der Waals surface area contributed by atoms with Crippen LogP contribution >= 0.6 is 0 Å². The molecule has 0 atom stereocenters. The van der Waals surface area contributed by atoms with Gasteiger partial charge in [-0.1, -0.05) is 18.2 Å². The molecule has 0 aliphatic heterocycles. The Morgan fingerprint density at radius 1 is 1.00 bits per heavy atom. The van der Waals surface area contributed by atoms with Gasteiger partial charge in [0.25, 0.3) is 0 Å². The number of ether oxygens (including phenoxy) is 2. The van der Waals surface area contributed by atoms with Gasteiger partial charge in [0.1, 0.15) is 6.54 Å². The maximum Gasteiger partial charge on any atom is 0.329 e. The first-order valence-electron chi connectivity index (χ1n) is 8.74. The summed E-state index contributed by atoms with van der Waals surface area (Å²) in [6.45, 7) is 2.77. The van der Waals surface area contributed by atoms with Gasteiger partial charge in [-0.25, -0.2) is 4.79 Å². The Morgan fingerprint density at radius 3 is 2.30 bits per heavy atom. The highest BCUT2D eigenvalue weighted by Crippen LogP contribution is 2.27. The first kappa shape index (κ1) is 18.6. The molecule has 0 saturated heterocycles. The maximum atomic E-state index is 12.6. The van der Waals surface area contributed by atoms with Gasteiger partial charge in [-0.3, -0.25) is 13.9 Å².